The summed E-state index contributed by atoms with van der Waals surface area (Å²) < 4.78 is 31.5. The number of amides is 1. The maximum Gasteiger partial charge on any atom is 0.273 e. The highest BCUT2D eigenvalue weighted by atomic mass is 35.5. The Labute approximate surface area is 171 Å². The van der Waals surface area contributed by atoms with Crippen LogP contribution in [-0.2, 0) is 16.4 Å². The average Bonchev–Trinajstić information content (AvgIpc) is 3.10. The average molecular weight is 428 g/mol. The maximum absolute atomic E-state index is 13.2. The molecular formula is C19H26ClN3O4S. The molecule has 0 saturated carbocycles. The molecule has 1 aromatic carbocycles. The minimum Gasteiger partial charge on any atom is -0.448 e. The Bertz CT molecular complexity index is 925. The number of rotatable bonds is 5. The second-order valence-electron chi connectivity index (χ2n) is 6.56. The number of aryl methyl sites for hydroxylation is 2. The first-order valence-electron chi connectivity index (χ1n) is 9.02. The van der Waals surface area contributed by atoms with Gasteiger partial charge in [0.15, 0.2) is 0 Å². The summed E-state index contributed by atoms with van der Waals surface area (Å²) in [5.74, 6) is 0.0762. The van der Waals surface area contributed by atoms with E-state index in [9.17, 15) is 13.2 Å². The molecule has 1 aliphatic heterocycles. The molecule has 2 heterocycles. The lowest BCUT2D eigenvalue weighted by atomic mass is 10.00. The highest BCUT2D eigenvalue weighted by Gasteiger charge is 2.32. The minimum atomic E-state index is -3.74. The molecule has 1 aromatic heterocycles. The number of carbonyl (C=O) groups excluding carboxylic acids is 1. The fourth-order valence-electron chi connectivity index (χ4n) is 3.28. The molecule has 1 unspecified atom stereocenters. The molecule has 1 atom stereocenters. The van der Waals surface area contributed by atoms with Gasteiger partial charge in [0, 0.05) is 25.7 Å². The quantitative estimate of drug-likeness (QED) is 0.763. The van der Waals surface area contributed by atoms with Crippen LogP contribution < -0.4 is 10.0 Å². The molecule has 7 nitrogen and oxygen atoms in total. The van der Waals surface area contributed by atoms with Gasteiger partial charge in [-0.3, -0.25) is 4.79 Å². The summed E-state index contributed by atoms with van der Waals surface area (Å²) in [4.78, 5) is 15.0. The number of furan rings is 1. The van der Waals surface area contributed by atoms with Gasteiger partial charge in [0.25, 0.3) is 15.9 Å². The van der Waals surface area contributed by atoms with Crippen LogP contribution in [0.3, 0.4) is 0 Å². The summed E-state index contributed by atoms with van der Waals surface area (Å²) in [6.45, 7) is 5.59. The van der Waals surface area contributed by atoms with E-state index in [1.165, 1.54) is 18.7 Å². The van der Waals surface area contributed by atoms with Crippen molar-refractivity contribution in [2.75, 3.05) is 26.7 Å². The number of nitrogens with zero attached hydrogens (tertiary/aromatic N) is 1. The van der Waals surface area contributed by atoms with Gasteiger partial charge in [-0.1, -0.05) is 31.2 Å². The van der Waals surface area contributed by atoms with Crippen molar-refractivity contribution < 1.29 is 17.6 Å². The van der Waals surface area contributed by atoms with Crippen molar-refractivity contribution >= 4 is 28.3 Å². The molecule has 2 aromatic rings. The van der Waals surface area contributed by atoms with E-state index < -0.39 is 10.0 Å². The Morgan fingerprint density at radius 3 is 2.61 bits per heavy atom. The highest BCUT2D eigenvalue weighted by molar-refractivity contribution is 7.89. The zero-order valence-electron chi connectivity index (χ0n) is 16.2. The van der Waals surface area contributed by atoms with Gasteiger partial charge >= 0.3 is 0 Å². The first kappa shape index (κ1) is 22.4. The second kappa shape index (κ2) is 9.09. The topological polar surface area (TPSA) is 91.7 Å². The van der Waals surface area contributed by atoms with Crippen molar-refractivity contribution in [1.82, 2.24) is 14.9 Å². The molecular weight excluding hydrogens is 402 g/mol. The predicted octanol–water partition coefficient (Wildman–Crippen LogP) is 2.27. The van der Waals surface area contributed by atoms with E-state index in [2.05, 4.69) is 41.2 Å². The van der Waals surface area contributed by atoms with Crippen molar-refractivity contribution in [3.05, 3.63) is 52.8 Å². The lowest BCUT2D eigenvalue weighted by molar-refractivity contribution is 0.0632. The smallest absolute Gasteiger partial charge is 0.273 e. The molecule has 0 spiro atoms. The van der Waals surface area contributed by atoms with Crippen LogP contribution in [-0.4, -0.2) is 45.9 Å². The SMILES string of the molecule is CCc1ccc(C2CNCCN2C(=O)c2cc(S(=O)(=O)NC)oc2C)cc1.Cl. The second-order valence-corrected chi connectivity index (χ2v) is 8.37. The van der Waals surface area contributed by atoms with Crippen LogP contribution in [0.5, 0.6) is 0 Å². The molecule has 1 aliphatic rings. The highest BCUT2D eigenvalue weighted by Crippen LogP contribution is 2.27. The van der Waals surface area contributed by atoms with Gasteiger partial charge in [0.1, 0.15) is 5.76 Å². The molecule has 0 radical (unpaired) electrons. The number of piperazine rings is 1. The third kappa shape index (κ3) is 4.41. The van der Waals surface area contributed by atoms with Crippen LogP contribution in [0.2, 0.25) is 0 Å². The number of halogens is 1. The number of sulfonamides is 1. The Balaban J connectivity index is 0.00000280. The van der Waals surface area contributed by atoms with E-state index in [0.29, 0.717) is 25.4 Å². The number of nitrogens with one attached hydrogen (secondary N) is 2. The molecule has 0 bridgehead atoms. The largest absolute Gasteiger partial charge is 0.448 e. The zero-order chi connectivity index (χ0) is 19.6. The molecule has 0 aliphatic carbocycles. The summed E-state index contributed by atoms with van der Waals surface area (Å²) in [5, 5.41) is 3.08. The van der Waals surface area contributed by atoms with Crippen LogP contribution in [0.25, 0.3) is 0 Å². The van der Waals surface area contributed by atoms with Gasteiger partial charge in [0.2, 0.25) is 5.09 Å². The van der Waals surface area contributed by atoms with Gasteiger partial charge in [-0.25, -0.2) is 13.1 Å². The molecule has 154 valence electrons. The lowest BCUT2D eigenvalue weighted by Gasteiger charge is -2.36. The van der Waals surface area contributed by atoms with Crippen LogP contribution in [0, 0.1) is 6.92 Å². The van der Waals surface area contributed by atoms with Gasteiger partial charge in [-0.05, 0) is 31.5 Å². The van der Waals surface area contributed by atoms with Gasteiger partial charge in [-0.15, -0.1) is 12.4 Å². The lowest BCUT2D eigenvalue weighted by Crippen LogP contribution is -2.48. The van der Waals surface area contributed by atoms with Gasteiger partial charge in [0.05, 0.1) is 11.6 Å². The van der Waals surface area contributed by atoms with E-state index in [-0.39, 0.29) is 35.0 Å². The Morgan fingerprint density at radius 1 is 1.32 bits per heavy atom. The van der Waals surface area contributed by atoms with E-state index >= 15 is 0 Å². The summed E-state index contributed by atoms with van der Waals surface area (Å²) in [7, 11) is -2.43. The molecule has 1 fully saturated rings. The molecule has 9 heteroatoms. The van der Waals surface area contributed by atoms with E-state index in [0.717, 1.165) is 12.0 Å². The fraction of sp³-hybridized carbons (Fsp3) is 0.421. The van der Waals surface area contributed by atoms with Crippen molar-refractivity contribution in [2.45, 2.75) is 31.4 Å². The number of carbonyl (C=O) groups is 1. The number of hydrogen-bond acceptors (Lipinski definition) is 5. The summed E-state index contributed by atoms with van der Waals surface area (Å²) in [5.41, 5.74) is 2.57. The standard InChI is InChI=1S/C19H25N3O4S.ClH/c1-4-14-5-7-15(8-6-14)17-12-21-9-10-22(17)19(23)16-11-18(26-13(16)2)27(24,25)20-3;/h5-8,11,17,20-21H,4,9-10,12H2,1-3H3;1H. The fourth-order valence-corrected chi connectivity index (χ4v) is 3.98. The third-order valence-electron chi connectivity index (χ3n) is 4.94. The van der Waals surface area contributed by atoms with Gasteiger partial charge < -0.3 is 14.6 Å². The van der Waals surface area contributed by atoms with Crippen LogP contribution in [0.15, 0.2) is 39.8 Å². The number of hydrogen-bond donors (Lipinski definition) is 2. The van der Waals surface area contributed by atoms with Crippen molar-refractivity contribution in [3.8, 4) is 0 Å². The van der Waals surface area contributed by atoms with Gasteiger partial charge in [-0.2, -0.15) is 0 Å². The Hall–Kier alpha value is -1.87. The maximum atomic E-state index is 13.2. The van der Waals surface area contributed by atoms with Crippen molar-refractivity contribution in [2.24, 2.45) is 0 Å². The first-order chi connectivity index (χ1) is 12.9. The van der Waals surface area contributed by atoms with E-state index in [1.54, 1.807) is 11.8 Å². The monoisotopic (exact) mass is 427 g/mol. The van der Waals surface area contributed by atoms with Crippen LogP contribution >= 0.6 is 12.4 Å². The molecule has 1 amide bonds. The van der Waals surface area contributed by atoms with Crippen LogP contribution in [0.4, 0.5) is 0 Å². The van der Waals surface area contributed by atoms with Crippen LogP contribution in [0.1, 0.15) is 40.2 Å². The Morgan fingerprint density at radius 2 is 2.00 bits per heavy atom. The van der Waals surface area contributed by atoms with E-state index in [4.69, 9.17) is 4.42 Å². The molecule has 1 saturated heterocycles. The Kier molecular flexibility index (Phi) is 7.28. The summed E-state index contributed by atoms with van der Waals surface area (Å²) in [6.07, 6.45) is 0.961. The summed E-state index contributed by atoms with van der Waals surface area (Å²) in [6, 6.07) is 9.45. The molecule has 2 N–H and O–H groups in total. The minimum absolute atomic E-state index is 0. The molecule has 3 rings (SSSR count). The predicted molar refractivity (Wildman–Crippen MR) is 109 cm³/mol. The first-order valence-corrected chi connectivity index (χ1v) is 10.5. The zero-order valence-corrected chi connectivity index (χ0v) is 17.8. The van der Waals surface area contributed by atoms with Crippen molar-refractivity contribution in [1.29, 1.82) is 0 Å². The normalized spacial score (nSPS) is 17.2. The third-order valence-corrected chi connectivity index (χ3v) is 6.20. The van der Waals surface area contributed by atoms with Crippen molar-refractivity contribution in [3.63, 3.8) is 0 Å². The summed E-state index contributed by atoms with van der Waals surface area (Å²) >= 11 is 0. The number of benzene rings is 1. The van der Waals surface area contributed by atoms with E-state index in [1.807, 2.05) is 0 Å². The molecule has 28 heavy (non-hydrogen) atoms.